The number of hydrogen-bond acceptors (Lipinski definition) is 4. The molecular weight excluding hydrogens is 347 g/mol. The minimum atomic E-state index is -3.49. The summed E-state index contributed by atoms with van der Waals surface area (Å²) in [6.07, 6.45) is -0.0444. The highest BCUT2D eigenvalue weighted by Crippen LogP contribution is 2.47. The van der Waals surface area contributed by atoms with Gasteiger partial charge in [0.2, 0.25) is 15.9 Å². The highest BCUT2D eigenvalue weighted by Gasteiger charge is 2.65. The van der Waals surface area contributed by atoms with Crippen LogP contribution < -0.4 is 0 Å². The summed E-state index contributed by atoms with van der Waals surface area (Å²) < 4.78 is 46.0. The average molecular weight is 368 g/mol. The second-order valence-corrected chi connectivity index (χ2v) is 9.16. The van der Waals surface area contributed by atoms with Gasteiger partial charge in [-0.15, -0.1) is 0 Å². The number of carbonyl (C=O) groups is 1. The molecule has 136 valence electrons. The van der Waals surface area contributed by atoms with Crippen molar-refractivity contribution >= 4 is 15.9 Å². The lowest BCUT2D eigenvalue weighted by Gasteiger charge is -2.39. The Morgan fingerprint density at radius 2 is 2.04 bits per heavy atom. The monoisotopic (exact) mass is 368 g/mol. The Morgan fingerprint density at radius 3 is 2.76 bits per heavy atom. The van der Waals surface area contributed by atoms with Crippen molar-refractivity contribution in [2.45, 2.75) is 36.3 Å². The van der Waals surface area contributed by atoms with E-state index in [1.54, 1.807) is 4.90 Å². The van der Waals surface area contributed by atoms with Crippen molar-refractivity contribution in [1.29, 1.82) is 0 Å². The Kier molecular flexibility index (Phi) is 4.09. The molecule has 0 radical (unpaired) electrons. The third-order valence-electron chi connectivity index (χ3n) is 5.37. The summed E-state index contributed by atoms with van der Waals surface area (Å²) in [4.78, 5) is 13.7. The Balaban J connectivity index is 1.58. The van der Waals surface area contributed by atoms with Gasteiger partial charge in [-0.2, -0.15) is 4.31 Å². The molecule has 25 heavy (non-hydrogen) atoms. The van der Waals surface area contributed by atoms with Crippen LogP contribution in [-0.4, -0.2) is 66.8 Å². The topological polar surface area (TPSA) is 66.9 Å². The number of amides is 1. The SMILES string of the molecule is O=C(CCF)N1C[C@H]2C[C@H]3[C@](C1)(CN(Cc1ccccc1)S3(=O)=O)O2. The number of benzene rings is 1. The van der Waals surface area contributed by atoms with Gasteiger partial charge >= 0.3 is 0 Å². The summed E-state index contributed by atoms with van der Waals surface area (Å²) >= 11 is 0. The molecule has 1 amide bonds. The molecule has 0 N–H and O–H groups in total. The summed E-state index contributed by atoms with van der Waals surface area (Å²) in [5.74, 6) is -0.269. The van der Waals surface area contributed by atoms with Gasteiger partial charge in [-0.25, -0.2) is 8.42 Å². The van der Waals surface area contributed by atoms with Crippen LogP contribution in [0.25, 0.3) is 0 Å². The number of likely N-dealkylation sites (tertiary alicyclic amines) is 1. The quantitative estimate of drug-likeness (QED) is 0.793. The van der Waals surface area contributed by atoms with Gasteiger partial charge in [-0.3, -0.25) is 9.18 Å². The smallest absolute Gasteiger partial charge is 0.225 e. The van der Waals surface area contributed by atoms with Crippen LogP contribution in [0.4, 0.5) is 4.39 Å². The maximum Gasteiger partial charge on any atom is 0.225 e. The van der Waals surface area contributed by atoms with Crippen molar-refractivity contribution in [3.05, 3.63) is 35.9 Å². The van der Waals surface area contributed by atoms with Gasteiger partial charge < -0.3 is 9.64 Å². The molecule has 3 atom stereocenters. The lowest BCUT2D eigenvalue weighted by Crippen LogP contribution is -2.56. The van der Waals surface area contributed by atoms with E-state index in [0.717, 1.165) is 5.56 Å². The maximum atomic E-state index is 13.0. The number of halogens is 1. The first-order valence-electron chi connectivity index (χ1n) is 8.49. The van der Waals surface area contributed by atoms with Gasteiger partial charge in [0.05, 0.1) is 25.7 Å². The maximum absolute atomic E-state index is 13.0. The third-order valence-corrected chi connectivity index (χ3v) is 7.69. The van der Waals surface area contributed by atoms with Crippen LogP contribution in [0.1, 0.15) is 18.4 Å². The second kappa shape index (κ2) is 6.03. The molecule has 1 aromatic rings. The van der Waals surface area contributed by atoms with Crippen LogP contribution >= 0.6 is 0 Å². The van der Waals surface area contributed by atoms with Gasteiger partial charge in [0.25, 0.3) is 0 Å². The molecule has 3 saturated heterocycles. The zero-order chi connectivity index (χ0) is 17.7. The number of alkyl halides is 1. The number of ether oxygens (including phenoxy) is 1. The van der Waals surface area contributed by atoms with Gasteiger partial charge in [0.1, 0.15) is 10.9 Å². The fourth-order valence-electron chi connectivity index (χ4n) is 4.31. The highest BCUT2D eigenvalue weighted by molar-refractivity contribution is 7.90. The number of rotatable bonds is 4. The fourth-order valence-corrected chi connectivity index (χ4v) is 6.60. The number of morpholine rings is 1. The van der Waals surface area contributed by atoms with Crippen molar-refractivity contribution in [2.24, 2.45) is 0 Å². The molecule has 1 spiro atoms. The van der Waals surface area contributed by atoms with Crippen LogP contribution in [0.2, 0.25) is 0 Å². The zero-order valence-electron chi connectivity index (χ0n) is 13.8. The molecule has 8 heteroatoms. The molecule has 0 unspecified atom stereocenters. The number of nitrogens with zero attached hydrogens (tertiary/aromatic N) is 2. The van der Waals surface area contributed by atoms with Gasteiger partial charge in [-0.1, -0.05) is 30.3 Å². The van der Waals surface area contributed by atoms with Crippen LogP contribution in [0, 0.1) is 0 Å². The zero-order valence-corrected chi connectivity index (χ0v) is 14.6. The normalized spacial score (nSPS) is 33.4. The molecule has 3 heterocycles. The molecule has 1 aromatic carbocycles. The van der Waals surface area contributed by atoms with E-state index in [9.17, 15) is 17.6 Å². The molecule has 0 saturated carbocycles. The minimum absolute atomic E-state index is 0.159. The van der Waals surface area contributed by atoms with Gasteiger partial charge in [-0.05, 0) is 12.0 Å². The standard InChI is InChI=1S/C17H21FN2O4S/c18-7-6-16(21)19-10-14-8-15-17(11-19,24-14)12-20(25(15,22)23)9-13-4-2-1-3-5-13/h1-5,14-15H,6-12H2/t14-,15+,17+/m1/s1. The molecule has 3 aliphatic heterocycles. The first-order chi connectivity index (χ1) is 11.9. The van der Waals surface area contributed by atoms with Crippen molar-refractivity contribution in [3.63, 3.8) is 0 Å². The largest absolute Gasteiger partial charge is 0.365 e. The van der Waals surface area contributed by atoms with E-state index in [-0.39, 0.29) is 31.5 Å². The van der Waals surface area contributed by atoms with Crippen molar-refractivity contribution in [2.75, 3.05) is 26.3 Å². The highest BCUT2D eigenvalue weighted by atomic mass is 32.2. The van der Waals surface area contributed by atoms with E-state index in [0.29, 0.717) is 19.5 Å². The van der Waals surface area contributed by atoms with Gasteiger partial charge in [0.15, 0.2) is 0 Å². The average Bonchev–Trinajstić information content (AvgIpc) is 2.95. The Labute approximate surface area is 146 Å². The van der Waals surface area contributed by atoms with E-state index in [1.165, 1.54) is 4.31 Å². The number of sulfonamides is 1. The summed E-state index contributed by atoms with van der Waals surface area (Å²) in [5, 5.41) is -0.628. The Morgan fingerprint density at radius 1 is 1.28 bits per heavy atom. The van der Waals surface area contributed by atoms with Crippen LogP contribution in [0.15, 0.2) is 30.3 Å². The molecule has 6 nitrogen and oxygen atoms in total. The van der Waals surface area contributed by atoms with E-state index in [2.05, 4.69) is 0 Å². The molecule has 3 aliphatic rings. The predicted molar refractivity (Wildman–Crippen MR) is 89.0 cm³/mol. The van der Waals surface area contributed by atoms with Crippen molar-refractivity contribution < 1.29 is 22.3 Å². The fraction of sp³-hybridized carbons (Fsp3) is 0.588. The lowest BCUT2D eigenvalue weighted by atomic mass is 9.99. The van der Waals surface area contributed by atoms with Crippen LogP contribution in [0.5, 0.6) is 0 Å². The van der Waals surface area contributed by atoms with Crippen LogP contribution in [-0.2, 0) is 26.1 Å². The van der Waals surface area contributed by atoms with Crippen LogP contribution in [0.3, 0.4) is 0 Å². The molecular formula is C17H21FN2O4S. The van der Waals surface area contributed by atoms with Gasteiger partial charge in [0, 0.05) is 19.6 Å². The first kappa shape index (κ1) is 16.9. The number of carbonyl (C=O) groups excluding carboxylic acids is 1. The Hall–Kier alpha value is -1.51. The molecule has 4 rings (SSSR count). The summed E-state index contributed by atoms with van der Waals surface area (Å²) in [6, 6.07) is 9.42. The van der Waals surface area contributed by atoms with E-state index < -0.39 is 27.5 Å². The first-order valence-corrected chi connectivity index (χ1v) is 9.99. The van der Waals surface area contributed by atoms with Crippen molar-refractivity contribution in [1.82, 2.24) is 9.21 Å². The Bertz CT molecular complexity index is 772. The summed E-state index contributed by atoms with van der Waals surface area (Å²) in [6.45, 7) is 0.414. The van der Waals surface area contributed by atoms with E-state index in [4.69, 9.17) is 4.74 Å². The second-order valence-electron chi connectivity index (χ2n) is 7.04. The van der Waals surface area contributed by atoms with E-state index >= 15 is 0 Å². The molecule has 0 aliphatic carbocycles. The molecule has 2 bridgehead atoms. The molecule has 3 fully saturated rings. The number of hydrogen-bond donors (Lipinski definition) is 0. The summed E-state index contributed by atoms with van der Waals surface area (Å²) in [7, 11) is -3.49. The minimum Gasteiger partial charge on any atom is -0.365 e. The van der Waals surface area contributed by atoms with Crippen molar-refractivity contribution in [3.8, 4) is 0 Å². The summed E-state index contributed by atoms with van der Waals surface area (Å²) in [5.41, 5.74) is 0.0304. The van der Waals surface area contributed by atoms with E-state index in [1.807, 2.05) is 30.3 Å². The molecule has 0 aromatic heterocycles. The predicted octanol–water partition coefficient (Wildman–Crippen LogP) is 0.930. The lowest BCUT2D eigenvalue weighted by molar-refractivity contribution is -0.151. The third kappa shape index (κ3) is 2.76. The number of fused-ring (bicyclic) bond motifs is 1.